The topological polar surface area (TPSA) is 66.5 Å². The van der Waals surface area contributed by atoms with Gasteiger partial charge in [0.25, 0.3) is 0 Å². The molecule has 1 aromatic carbocycles. The molecule has 16 heavy (non-hydrogen) atoms. The van der Waals surface area contributed by atoms with E-state index in [1.807, 2.05) is 0 Å². The third-order valence-electron chi connectivity index (χ3n) is 3.17. The maximum absolute atomic E-state index is 13.2. The molecular weight excluding hydrogens is 277 g/mol. The van der Waals surface area contributed by atoms with Crippen molar-refractivity contribution in [2.75, 3.05) is 0 Å². The summed E-state index contributed by atoms with van der Waals surface area (Å²) in [4.78, 5) is 0. The van der Waals surface area contributed by atoms with E-state index in [0.29, 0.717) is 10.0 Å². The predicted octanol–water partition coefficient (Wildman–Crippen LogP) is 2.73. The Morgan fingerprint density at radius 2 is 1.81 bits per heavy atom. The van der Waals surface area contributed by atoms with Crippen LogP contribution in [0.25, 0.3) is 0 Å². The van der Waals surface area contributed by atoms with Crippen LogP contribution in [0.4, 0.5) is 4.39 Å². The molecule has 0 saturated heterocycles. The summed E-state index contributed by atoms with van der Waals surface area (Å²) in [6.07, 6.45) is 3.40. The molecule has 0 spiro atoms. The number of halogens is 2. The van der Waals surface area contributed by atoms with Crippen molar-refractivity contribution >= 4 is 15.9 Å². The zero-order valence-corrected chi connectivity index (χ0v) is 10.2. The number of rotatable bonds is 1. The highest BCUT2D eigenvalue weighted by Gasteiger charge is 2.36. The molecule has 0 radical (unpaired) electrons. The fourth-order valence-corrected chi connectivity index (χ4v) is 3.11. The van der Waals surface area contributed by atoms with Crippen molar-refractivity contribution in [2.24, 2.45) is 5.73 Å². The first-order chi connectivity index (χ1) is 7.46. The molecule has 1 aromatic rings. The van der Waals surface area contributed by atoms with Gasteiger partial charge in [0, 0.05) is 15.6 Å². The molecule has 0 aromatic heterocycles. The van der Waals surface area contributed by atoms with E-state index in [0.717, 1.165) is 31.7 Å². The molecule has 0 aliphatic heterocycles. The minimum Gasteiger partial charge on any atom is -0.504 e. The van der Waals surface area contributed by atoms with Gasteiger partial charge in [-0.1, -0.05) is 28.8 Å². The Bertz CT molecular complexity index is 430. The van der Waals surface area contributed by atoms with Crippen molar-refractivity contribution in [1.29, 1.82) is 0 Å². The fourth-order valence-electron chi connectivity index (χ4n) is 2.33. The Morgan fingerprint density at radius 3 is 2.38 bits per heavy atom. The van der Waals surface area contributed by atoms with Crippen LogP contribution in [0.5, 0.6) is 11.5 Å². The molecule has 0 amide bonds. The Kier molecular flexibility index (Phi) is 2.84. The van der Waals surface area contributed by atoms with E-state index in [1.165, 1.54) is 0 Å². The van der Waals surface area contributed by atoms with E-state index in [-0.39, 0.29) is 0 Å². The molecule has 1 saturated carbocycles. The molecule has 0 unspecified atom stereocenters. The summed E-state index contributed by atoms with van der Waals surface area (Å²) in [5, 5.41) is 19.2. The van der Waals surface area contributed by atoms with E-state index in [9.17, 15) is 14.6 Å². The lowest BCUT2D eigenvalue weighted by Crippen LogP contribution is -2.33. The predicted molar refractivity (Wildman–Crippen MR) is 61.8 cm³/mol. The zero-order chi connectivity index (χ0) is 11.9. The fraction of sp³-hybridized carbons (Fsp3) is 0.455. The average Bonchev–Trinajstić information content (AvgIpc) is 2.62. The van der Waals surface area contributed by atoms with Gasteiger partial charge in [0.05, 0.1) is 0 Å². The first-order valence-corrected chi connectivity index (χ1v) is 5.94. The summed E-state index contributed by atoms with van der Waals surface area (Å²) in [6, 6.07) is 1.14. The van der Waals surface area contributed by atoms with Gasteiger partial charge in [0.1, 0.15) is 0 Å². The third kappa shape index (κ3) is 1.68. The molecule has 88 valence electrons. The lowest BCUT2D eigenvalue weighted by molar-refractivity contribution is 0.355. The molecule has 5 heteroatoms. The Balaban J connectivity index is 2.60. The number of nitrogens with two attached hydrogens (primary N) is 1. The van der Waals surface area contributed by atoms with E-state index in [4.69, 9.17) is 5.73 Å². The first kappa shape index (κ1) is 11.7. The third-order valence-corrected chi connectivity index (χ3v) is 3.80. The lowest BCUT2D eigenvalue weighted by atomic mass is 9.88. The number of hydrogen-bond donors (Lipinski definition) is 3. The highest BCUT2D eigenvalue weighted by Crippen LogP contribution is 2.47. The van der Waals surface area contributed by atoms with Gasteiger partial charge in [-0.05, 0) is 18.9 Å². The summed E-state index contributed by atoms with van der Waals surface area (Å²) in [7, 11) is 0. The second-order valence-electron chi connectivity index (χ2n) is 4.28. The van der Waals surface area contributed by atoms with Crippen molar-refractivity contribution < 1.29 is 14.6 Å². The van der Waals surface area contributed by atoms with Gasteiger partial charge < -0.3 is 15.9 Å². The van der Waals surface area contributed by atoms with Gasteiger partial charge in [0.2, 0.25) is 0 Å². The zero-order valence-electron chi connectivity index (χ0n) is 8.63. The van der Waals surface area contributed by atoms with Crippen LogP contribution in [-0.2, 0) is 5.54 Å². The molecular formula is C11H13BrFNO2. The maximum atomic E-state index is 13.2. The molecule has 0 bridgehead atoms. The van der Waals surface area contributed by atoms with Crippen LogP contribution in [0.3, 0.4) is 0 Å². The van der Waals surface area contributed by atoms with Gasteiger partial charge >= 0.3 is 0 Å². The minimum atomic E-state index is -0.852. The second-order valence-corrected chi connectivity index (χ2v) is 5.13. The average molecular weight is 290 g/mol. The summed E-state index contributed by atoms with van der Waals surface area (Å²) in [5.41, 5.74) is 5.91. The number of phenolic OH excluding ortho intramolecular Hbond substituents is 2. The van der Waals surface area contributed by atoms with Crippen LogP contribution in [0.1, 0.15) is 31.2 Å². The molecule has 1 fully saturated rings. The van der Waals surface area contributed by atoms with E-state index >= 15 is 0 Å². The van der Waals surface area contributed by atoms with Crippen LogP contribution in [0, 0.1) is 5.82 Å². The number of aromatic hydroxyl groups is 2. The summed E-state index contributed by atoms with van der Waals surface area (Å²) >= 11 is 3.19. The highest BCUT2D eigenvalue weighted by atomic mass is 79.9. The van der Waals surface area contributed by atoms with E-state index in [1.54, 1.807) is 0 Å². The molecule has 4 N–H and O–H groups in total. The molecule has 1 aliphatic carbocycles. The summed E-state index contributed by atoms with van der Waals surface area (Å²) in [6.45, 7) is 0. The van der Waals surface area contributed by atoms with Crippen molar-refractivity contribution in [1.82, 2.24) is 0 Å². The quantitative estimate of drug-likeness (QED) is 0.697. The monoisotopic (exact) mass is 289 g/mol. The molecule has 2 rings (SSSR count). The summed E-state index contributed by atoms with van der Waals surface area (Å²) in [5.74, 6) is -2.03. The van der Waals surface area contributed by atoms with Crippen molar-refractivity contribution in [3.63, 3.8) is 0 Å². The lowest BCUT2D eigenvalue weighted by Gasteiger charge is -2.26. The minimum absolute atomic E-state index is 0.406. The largest absolute Gasteiger partial charge is 0.504 e. The molecule has 1 aliphatic rings. The van der Waals surface area contributed by atoms with Gasteiger partial charge in [-0.3, -0.25) is 0 Å². The second kappa shape index (κ2) is 3.89. The Hall–Kier alpha value is -0.810. The maximum Gasteiger partial charge on any atom is 0.194 e. The number of phenols is 2. The normalized spacial score (nSPS) is 18.9. The molecule has 3 nitrogen and oxygen atoms in total. The highest BCUT2D eigenvalue weighted by molar-refractivity contribution is 9.10. The Labute approximate surface area is 101 Å². The summed E-state index contributed by atoms with van der Waals surface area (Å²) < 4.78 is 13.6. The van der Waals surface area contributed by atoms with Gasteiger partial charge in [0.15, 0.2) is 17.3 Å². The van der Waals surface area contributed by atoms with Gasteiger partial charge in [-0.15, -0.1) is 0 Å². The van der Waals surface area contributed by atoms with Crippen LogP contribution in [0.2, 0.25) is 0 Å². The Morgan fingerprint density at radius 1 is 1.25 bits per heavy atom. The first-order valence-electron chi connectivity index (χ1n) is 5.15. The van der Waals surface area contributed by atoms with Crippen molar-refractivity contribution in [2.45, 2.75) is 31.2 Å². The van der Waals surface area contributed by atoms with Crippen LogP contribution < -0.4 is 5.73 Å². The van der Waals surface area contributed by atoms with Crippen molar-refractivity contribution in [3.05, 3.63) is 21.9 Å². The van der Waals surface area contributed by atoms with Crippen LogP contribution >= 0.6 is 15.9 Å². The van der Waals surface area contributed by atoms with Gasteiger partial charge in [-0.25, -0.2) is 4.39 Å². The molecule has 0 heterocycles. The van der Waals surface area contributed by atoms with Crippen LogP contribution in [-0.4, -0.2) is 10.2 Å². The SMILES string of the molecule is NC1(c2c(Br)cc(F)c(O)c2O)CCCC1. The van der Waals surface area contributed by atoms with E-state index in [2.05, 4.69) is 15.9 Å². The standard InChI is InChI=1S/C11H13BrFNO2/c12-6-5-7(13)9(15)10(16)8(6)11(14)3-1-2-4-11/h5,15-16H,1-4,14H2. The van der Waals surface area contributed by atoms with Crippen LogP contribution in [0.15, 0.2) is 10.5 Å². The molecule has 0 atom stereocenters. The van der Waals surface area contributed by atoms with E-state index < -0.39 is 22.9 Å². The number of hydrogen-bond acceptors (Lipinski definition) is 3. The smallest absolute Gasteiger partial charge is 0.194 e. The van der Waals surface area contributed by atoms with Crippen molar-refractivity contribution in [3.8, 4) is 11.5 Å². The number of benzene rings is 1. The van der Waals surface area contributed by atoms with Gasteiger partial charge in [-0.2, -0.15) is 0 Å².